The smallest absolute Gasteiger partial charge is 0.224 e. The van der Waals surface area contributed by atoms with E-state index in [0.717, 1.165) is 41.2 Å². The third-order valence-corrected chi connectivity index (χ3v) is 4.17. The maximum absolute atomic E-state index is 4.52. The Hall–Kier alpha value is -1.83. The van der Waals surface area contributed by atoms with Crippen LogP contribution in [0.2, 0.25) is 0 Å². The summed E-state index contributed by atoms with van der Waals surface area (Å²) in [4.78, 5) is 10.8. The molecule has 1 N–H and O–H groups in total. The van der Waals surface area contributed by atoms with E-state index in [9.17, 15) is 0 Å². The fourth-order valence-corrected chi connectivity index (χ4v) is 3.01. The number of aromatic nitrogens is 5. The molecule has 2 rings (SSSR count). The second-order valence-corrected chi connectivity index (χ2v) is 6.21. The highest BCUT2D eigenvalue weighted by Gasteiger charge is 2.08. The zero-order chi connectivity index (χ0) is 16.1. The van der Waals surface area contributed by atoms with Crippen molar-refractivity contribution in [1.82, 2.24) is 24.7 Å². The lowest BCUT2D eigenvalue weighted by molar-refractivity contribution is 0.662. The summed E-state index contributed by atoms with van der Waals surface area (Å²) in [7, 11) is 3.96. The largest absolute Gasteiger partial charge is 0.362 e. The van der Waals surface area contributed by atoms with Crippen LogP contribution in [0.1, 0.15) is 18.3 Å². The first-order valence-corrected chi connectivity index (χ1v) is 8.29. The van der Waals surface area contributed by atoms with Gasteiger partial charge in [-0.25, -0.2) is 4.98 Å². The molecule has 0 saturated heterocycles. The second kappa shape index (κ2) is 7.44. The van der Waals surface area contributed by atoms with Crippen LogP contribution in [-0.4, -0.2) is 51.1 Å². The van der Waals surface area contributed by atoms with Gasteiger partial charge in [-0.2, -0.15) is 4.98 Å². The van der Waals surface area contributed by atoms with Crippen molar-refractivity contribution in [1.29, 1.82) is 0 Å². The minimum absolute atomic E-state index is 0.656. The number of hydrogen-bond donors (Lipinski definition) is 1. The maximum atomic E-state index is 4.52. The highest BCUT2D eigenvalue weighted by molar-refractivity contribution is 7.99. The monoisotopic (exact) mass is 321 g/mol. The molecule has 0 saturated carbocycles. The van der Waals surface area contributed by atoms with Gasteiger partial charge in [-0.3, -0.25) is 0 Å². The molecule has 8 heteroatoms. The van der Waals surface area contributed by atoms with Crippen molar-refractivity contribution >= 4 is 23.5 Å². The van der Waals surface area contributed by atoms with E-state index in [2.05, 4.69) is 37.0 Å². The van der Waals surface area contributed by atoms with Gasteiger partial charge in [-0.05, 0) is 20.8 Å². The van der Waals surface area contributed by atoms with Gasteiger partial charge in [0.05, 0.1) is 0 Å². The Balaban J connectivity index is 1.87. The lowest BCUT2D eigenvalue weighted by Crippen LogP contribution is -2.15. The van der Waals surface area contributed by atoms with E-state index in [0.29, 0.717) is 5.95 Å². The molecule has 0 spiro atoms. The average molecular weight is 321 g/mol. The summed E-state index contributed by atoms with van der Waals surface area (Å²) in [6.07, 6.45) is 1.84. The van der Waals surface area contributed by atoms with Crippen LogP contribution in [0.4, 0.5) is 11.8 Å². The summed E-state index contributed by atoms with van der Waals surface area (Å²) in [6, 6.07) is 0. The molecule has 0 atom stereocenters. The lowest BCUT2D eigenvalue weighted by Gasteiger charge is -2.15. The van der Waals surface area contributed by atoms with E-state index >= 15 is 0 Å². The first kappa shape index (κ1) is 16.5. The van der Waals surface area contributed by atoms with E-state index in [4.69, 9.17) is 0 Å². The standard InChI is InChI=1S/C14H23N7S/c1-6-21-11(3)18-19-14(21)22-8-7-15-13-16-9-10(2)12(17-13)20(4)5/h9H,6-8H2,1-5H3,(H,15,16,17). The molecule has 0 unspecified atom stereocenters. The van der Waals surface area contributed by atoms with Crippen LogP contribution in [0.25, 0.3) is 0 Å². The molecule has 2 aromatic rings. The number of hydrogen-bond acceptors (Lipinski definition) is 7. The molecular formula is C14H23N7S. The predicted octanol–water partition coefficient (Wildman–Crippen LogP) is 1.98. The zero-order valence-corrected chi connectivity index (χ0v) is 14.6. The van der Waals surface area contributed by atoms with Gasteiger partial charge in [0.25, 0.3) is 0 Å². The molecule has 22 heavy (non-hydrogen) atoms. The van der Waals surface area contributed by atoms with E-state index in [1.165, 1.54) is 0 Å². The Kier molecular flexibility index (Phi) is 5.59. The molecule has 2 heterocycles. The Morgan fingerprint density at radius 2 is 2.05 bits per heavy atom. The molecule has 2 aromatic heterocycles. The normalized spacial score (nSPS) is 10.8. The van der Waals surface area contributed by atoms with Crippen LogP contribution in [0.5, 0.6) is 0 Å². The van der Waals surface area contributed by atoms with Crippen LogP contribution in [0, 0.1) is 13.8 Å². The lowest BCUT2D eigenvalue weighted by atomic mass is 10.3. The first-order chi connectivity index (χ1) is 10.5. The van der Waals surface area contributed by atoms with Gasteiger partial charge in [0.1, 0.15) is 11.6 Å². The number of rotatable bonds is 7. The summed E-state index contributed by atoms with van der Waals surface area (Å²) >= 11 is 1.69. The number of aryl methyl sites for hydroxylation is 2. The second-order valence-electron chi connectivity index (χ2n) is 5.14. The quantitative estimate of drug-likeness (QED) is 0.617. The van der Waals surface area contributed by atoms with Crippen molar-refractivity contribution < 1.29 is 0 Å². The topological polar surface area (TPSA) is 71.8 Å². The Morgan fingerprint density at radius 3 is 2.73 bits per heavy atom. The summed E-state index contributed by atoms with van der Waals surface area (Å²) in [5.41, 5.74) is 1.07. The number of thioether (sulfide) groups is 1. The number of nitrogens with one attached hydrogen (secondary N) is 1. The van der Waals surface area contributed by atoms with E-state index < -0.39 is 0 Å². The first-order valence-electron chi connectivity index (χ1n) is 7.30. The van der Waals surface area contributed by atoms with Crippen molar-refractivity contribution in [3.8, 4) is 0 Å². The van der Waals surface area contributed by atoms with Gasteiger partial charge < -0.3 is 14.8 Å². The van der Waals surface area contributed by atoms with Crippen LogP contribution >= 0.6 is 11.8 Å². The van der Waals surface area contributed by atoms with Gasteiger partial charge >= 0.3 is 0 Å². The summed E-state index contributed by atoms with van der Waals surface area (Å²) in [6.45, 7) is 7.75. The van der Waals surface area contributed by atoms with Crippen molar-refractivity contribution in [2.75, 3.05) is 36.6 Å². The molecule has 0 aliphatic heterocycles. The molecule has 0 amide bonds. The minimum Gasteiger partial charge on any atom is -0.362 e. The molecule has 0 aromatic carbocycles. The Morgan fingerprint density at radius 1 is 1.27 bits per heavy atom. The van der Waals surface area contributed by atoms with Gasteiger partial charge in [0.2, 0.25) is 5.95 Å². The fourth-order valence-electron chi connectivity index (χ4n) is 2.11. The third kappa shape index (κ3) is 3.88. The number of nitrogens with zero attached hydrogens (tertiary/aromatic N) is 6. The summed E-state index contributed by atoms with van der Waals surface area (Å²) in [5, 5.41) is 12.5. The van der Waals surface area contributed by atoms with Crippen molar-refractivity contribution in [2.24, 2.45) is 0 Å². The average Bonchev–Trinajstić information content (AvgIpc) is 2.85. The third-order valence-electron chi connectivity index (χ3n) is 3.20. The van der Waals surface area contributed by atoms with Crippen LogP contribution < -0.4 is 10.2 Å². The van der Waals surface area contributed by atoms with Gasteiger partial charge in [-0.15, -0.1) is 10.2 Å². The Bertz CT molecular complexity index is 624. The van der Waals surface area contributed by atoms with Gasteiger partial charge in [-0.1, -0.05) is 11.8 Å². The van der Waals surface area contributed by atoms with Crippen molar-refractivity contribution in [3.05, 3.63) is 17.6 Å². The highest BCUT2D eigenvalue weighted by Crippen LogP contribution is 2.17. The van der Waals surface area contributed by atoms with Gasteiger partial charge in [0, 0.05) is 44.7 Å². The predicted molar refractivity (Wildman–Crippen MR) is 90.7 cm³/mol. The highest BCUT2D eigenvalue weighted by atomic mass is 32.2. The molecule has 0 radical (unpaired) electrons. The molecule has 0 aliphatic carbocycles. The van der Waals surface area contributed by atoms with Crippen LogP contribution in [0.15, 0.2) is 11.4 Å². The van der Waals surface area contributed by atoms with Crippen molar-refractivity contribution in [2.45, 2.75) is 32.5 Å². The number of anilines is 2. The summed E-state index contributed by atoms with van der Waals surface area (Å²) in [5.74, 6) is 3.43. The minimum atomic E-state index is 0.656. The van der Waals surface area contributed by atoms with E-state index in [1.54, 1.807) is 11.8 Å². The molecule has 0 bridgehead atoms. The fraction of sp³-hybridized carbons (Fsp3) is 0.571. The van der Waals surface area contributed by atoms with E-state index in [-0.39, 0.29) is 0 Å². The van der Waals surface area contributed by atoms with Crippen LogP contribution in [0.3, 0.4) is 0 Å². The zero-order valence-electron chi connectivity index (χ0n) is 13.8. The molecule has 0 fully saturated rings. The molecule has 7 nitrogen and oxygen atoms in total. The molecular weight excluding hydrogens is 298 g/mol. The van der Waals surface area contributed by atoms with Crippen molar-refractivity contribution in [3.63, 3.8) is 0 Å². The molecule has 0 aliphatic rings. The SMILES string of the molecule is CCn1c(C)nnc1SCCNc1ncc(C)c(N(C)C)n1. The maximum Gasteiger partial charge on any atom is 0.224 e. The van der Waals surface area contributed by atoms with E-state index in [1.807, 2.05) is 39.0 Å². The molecule has 120 valence electrons. The van der Waals surface area contributed by atoms with Gasteiger partial charge in [0.15, 0.2) is 5.16 Å². The van der Waals surface area contributed by atoms with Crippen LogP contribution in [-0.2, 0) is 6.54 Å². The summed E-state index contributed by atoms with van der Waals surface area (Å²) < 4.78 is 2.11. The Labute approximate surface area is 135 Å².